The van der Waals surface area contributed by atoms with E-state index in [-0.39, 0.29) is 65.3 Å². The fourth-order valence-electron chi connectivity index (χ4n) is 12.7. The zero-order valence-electron chi connectivity index (χ0n) is 56.3. The molecule has 1 unspecified atom stereocenters. The van der Waals surface area contributed by atoms with Crippen LogP contribution in [-0.4, -0.2) is 394 Å². The number of nitrogens with one attached hydrogen (secondary N) is 4. The Labute approximate surface area is 592 Å². The first-order valence-electron chi connectivity index (χ1n) is 33.7. The number of alkyl halides is 4. The van der Waals surface area contributed by atoms with Crippen LogP contribution in [0.15, 0.2) is 24.3 Å². The minimum absolute atomic E-state index is 0.125. The molecule has 6 fully saturated rings. The van der Waals surface area contributed by atoms with Gasteiger partial charge < -0.3 is 207 Å². The predicted molar refractivity (Wildman–Crippen MR) is 341 cm³/mol. The molecule has 36 atom stereocenters. The Morgan fingerprint density at radius 1 is 0.433 bits per heavy atom. The number of rotatable bonds is 32. The largest absolute Gasteiger partial charge is 0.395 e. The summed E-state index contributed by atoms with van der Waals surface area (Å²) in [6.07, 6.45) is -36.6. The monoisotopic (exact) mass is 1520 g/mol. The molecular formula is C58H106F4N14O28. The van der Waals surface area contributed by atoms with E-state index in [1.165, 1.54) is 0 Å². The average molecular weight is 1520 g/mol. The van der Waals surface area contributed by atoms with E-state index in [4.69, 9.17) is 124 Å². The molecule has 0 bridgehead atoms. The van der Waals surface area contributed by atoms with Crippen molar-refractivity contribution in [1.29, 1.82) is 0 Å². The van der Waals surface area contributed by atoms with E-state index in [0.29, 0.717) is 0 Å². The van der Waals surface area contributed by atoms with Crippen LogP contribution in [0, 0.1) is 0 Å². The van der Waals surface area contributed by atoms with Crippen molar-refractivity contribution in [3.63, 3.8) is 0 Å². The van der Waals surface area contributed by atoms with Crippen molar-refractivity contribution in [2.24, 2.45) is 57.3 Å². The molecule has 0 radical (unpaired) electrons. The summed E-state index contributed by atoms with van der Waals surface area (Å²) >= 11 is 0. The van der Waals surface area contributed by atoms with Crippen molar-refractivity contribution >= 4 is 11.8 Å². The van der Waals surface area contributed by atoms with E-state index in [1.54, 1.807) is 24.3 Å². The number of hydrogen-bond acceptors (Lipinski definition) is 40. The highest BCUT2D eigenvalue weighted by atomic mass is 19.3. The second-order valence-electron chi connectivity index (χ2n) is 26.3. The highest BCUT2D eigenvalue weighted by Gasteiger charge is 2.58. The first-order chi connectivity index (χ1) is 49.1. The lowest BCUT2D eigenvalue weighted by Gasteiger charge is -2.46. The van der Waals surface area contributed by atoms with E-state index in [9.17, 15) is 88.4 Å². The lowest BCUT2D eigenvalue weighted by molar-refractivity contribution is -0.284. The van der Waals surface area contributed by atoms with Gasteiger partial charge in [-0.25, -0.2) is 17.6 Å². The normalized spacial score (nSPS) is 43.4. The molecule has 604 valence electrons. The molecule has 46 heteroatoms. The van der Waals surface area contributed by atoms with Crippen LogP contribution < -0.4 is 78.6 Å². The van der Waals surface area contributed by atoms with Crippen LogP contribution in [0.25, 0.3) is 0 Å². The maximum atomic E-state index is 14.0. The number of carbonyl (C=O) groups is 2. The van der Waals surface area contributed by atoms with Crippen molar-refractivity contribution < 1.29 is 155 Å². The summed E-state index contributed by atoms with van der Waals surface area (Å²) in [6, 6.07) is -9.53. The molecule has 2 saturated carbocycles. The van der Waals surface area contributed by atoms with Crippen molar-refractivity contribution in [2.45, 2.75) is 245 Å². The highest BCUT2D eigenvalue weighted by molar-refractivity contribution is 5.82. The second-order valence-corrected chi connectivity index (χ2v) is 26.3. The van der Waals surface area contributed by atoms with Gasteiger partial charge in [-0.2, -0.15) is 0 Å². The van der Waals surface area contributed by atoms with Gasteiger partial charge in [0, 0.05) is 51.4 Å². The molecule has 2 amide bonds. The number of ether oxygens (including phenoxy) is 12. The SMILES string of the molecule is NC[C@@H]1O[C@H](O[C@H]2[C@@H](O)[C@H](O[C@@H]3[C@@H](O)[C@H](NC(=O)C(O)C(F)(F)CN)C[C@H](N)[C@H]3O[C@H]3O[C@H](CNCCO)C=C[C@H]3N)O[C@@H]2CO)[C@H](N)[C@@H](O)[C@@H]1O.NC[C@@H]1O[C@H](O[C@H]2[C@@H](O)[C@H](O[C@@H]3[C@@H](O)[C@H](NC(=O)[C@@H](O)C(F)(F)CN)C[C@H](N)[C@H]3O[C@H]3O[C@H](CNCCO)C=C[C@H]3N)O[C@@H]2CO)[C@H](N)[C@@H](O)[C@@H]1O. The zero-order valence-corrected chi connectivity index (χ0v) is 56.3. The minimum Gasteiger partial charge on any atom is -0.395 e. The molecule has 42 nitrogen and oxygen atoms in total. The van der Waals surface area contributed by atoms with Crippen LogP contribution in [0.1, 0.15) is 12.8 Å². The summed E-state index contributed by atoms with van der Waals surface area (Å²) in [5, 5.41) is 155. The van der Waals surface area contributed by atoms with Crippen LogP contribution in [0.5, 0.6) is 0 Å². The third-order valence-corrected chi connectivity index (χ3v) is 18.8. The molecule has 6 aliphatic heterocycles. The minimum atomic E-state index is -4.00. The molecule has 38 N–H and O–H groups in total. The molecule has 4 saturated heterocycles. The molecule has 0 aromatic rings. The number of amides is 2. The van der Waals surface area contributed by atoms with E-state index in [0.717, 1.165) is 0 Å². The quantitative estimate of drug-likeness (QED) is 0.0169. The van der Waals surface area contributed by atoms with Gasteiger partial charge in [-0.05, 0) is 12.8 Å². The topological polar surface area (TPSA) is 736 Å². The maximum absolute atomic E-state index is 14.0. The first-order valence-corrected chi connectivity index (χ1v) is 33.7. The van der Waals surface area contributed by atoms with Gasteiger partial charge in [-0.15, -0.1) is 0 Å². The zero-order chi connectivity index (χ0) is 77.0. The van der Waals surface area contributed by atoms with Gasteiger partial charge >= 0.3 is 0 Å². The van der Waals surface area contributed by atoms with Gasteiger partial charge in [0.2, 0.25) is 0 Å². The third kappa shape index (κ3) is 21.2. The molecule has 8 rings (SSSR count). The Kier molecular flexibility index (Phi) is 33.4. The van der Waals surface area contributed by atoms with Crippen molar-refractivity contribution in [3.05, 3.63) is 24.3 Å². The summed E-state index contributed by atoms with van der Waals surface area (Å²) < 4.78 is 127. The summed E-state index contributed by atoms with van der Waals surface area (Å²) in [5.74, 6) is -11.1. The van der Waals surface area contributed by atoms with Crippen LogP contribution in [0.2, 0.25) is 0 Å². The summed E-state index contributed by atoms with van der Waals surface area (Å²) in [7, 11) is 0. The average Bonchev–Trinajstić information content (AvgIpc) is 1.51. The maximum Gasteiger partial charge on any atom is 0.294 e. The van der Waals surface area contributed by atoms with E-state index < -0.39 is 270 Å². The molecule has 2 aliphatic carbocycles. The number of aliphatic hydroxyl groups is 14. The number of hydrogen-bond donors (Lipinski definition) is 28. The molecule has 6 heterocycles. The number of carbonyl (C=O) groups excluding carboxylic acids is 2. The first kappa shape index (κ1) is 87.8. The highest BCUT2D eigenvalue weighted by Crippen LogP contribution is 2.38. The Bertz CT molecular complexity index is 2520. The van der Waals surface area contributed by atoms with Gasteiger partial charge in [0.1, 0.15) is 110 Å². The van der Waals surface area contributed by atoms with Gasteiger partial charge in [0.15, 0.2) is 49.9 Å². The van der Waals surface area contributed by atoms with Crippen LogP contribution >= 0.6 is 0 Å². The van der Waals surface area contributed by atoms with Gasteiger partial charge in [0.25, 0.3) is 23.7 Å². The lowest BCUT2D eigenvalue weighted by atomic mass is 9.83. The lowest BCUT2D eigenvalue weighted by Crippen LogP contribution is -2.67. The van der Waals surface area contributed by atoms with Crippen LogP contribution in [0.4, 0.5) is 17.6 Å². The fourth-order valence-corrected chi connectivity index (χ4v) is 12.7. The summed E-state index contributed by atoms with van der Waals surface area (Å²) in [6.45, 7) is -3.84. The fraction of sp³-hybridized carbons (Fsp3) is 0.897. The molecule has 0 aromatic carbocycles. The van der Waals surface area contributed by atoms with Crippen molar-refractivity contribution in [3.8, 4) is 0 Å². The molecule has 104 heavy (non-hydrogen) atoms. The number of halogens is 4. The Morgan fingerprint density at radius 3 is 1.08 bits per heavy atom. The number of aliphatic hydroxyl groups excluding tert-OH is 14. The number of nitrogens with two attached hydrogens (primary N) is 10. The molecule has 0 spiro atoms. The van der Waals surface area contributed by atoms with E-state index in [2.05, 4.69) is 21.3 Å². The Hall–Kier alpha value is -3.38. The van der Waals surface area contributed by atoms with Crippen molar-refractivity contribution in [1.82, 2.24) is 21.3 Å². The van der Waals surface area contributed by atoms with Gasteiger partial charge in [-0.1, -0.05) is 24.3 Å². The van der Waals surface area contributed by atoms with Gasteiger partial charge in [0.05, 0.1) is 88.0 Å². The van der Waals surface area contributed by atoms with Gasteiger partial charge in [-0.3, -0.25) is 9.59 Å². The second kappa shape index (κ2) is 39.5. The standard InChI is InChI=1S/2C29H53F2N7O14/c2*30-29(31,9-33)24(45)25(46)38-13-5-12(35)21(50-26-11(34)2-1-10(47-26)7-37-3-4-39)23(17(13)41)52-28-20(44)22(15(8-40)49-28)51-27-16(36)19(43)18(42)14(6-32)48-27/h2*1-2,10-24,26-28,37,39-45H,3-9,32-36H2,(H,38,46)/t10-,11+,12-,13+,14-,15+,16+,17-,18+,19+,20+,21+,22+,23+,24?,26+,27+,28-;10-,11+,12-,13+,14-,15+,16+,17-,18+,19+,20+,21+,22+,23+,24+,26+,27+,28-/m00/s1. The molecule has 8 aliphatic rings. The van der Waals surface area contributed by atoms with Crippen LogP contribution in [-0.2, 0) is 66.4 Å². The Balaban J connectivity index is 0.000000291. The van der Waals surface area contributed by atoms with E-state index in [1.807, 2.05) is 0 Å². The Morgan fingerprint density at radius 2 is 0.760 bits per heavy atom. The third-order valence-electron chi connectivity index (χ3n) is 18.8. The molecular weight excluding hydrogens is 1420 g/mol. The van der Waals surface area contributed by atoms with Crippen molar-refractivity contribution in [2.75, 3.05) is 78.8 Å². The smallest absolute Gasteiger partial charge is 0.294 e. The predicted octanol–water partition coefficient (Wildman–Crippen LogP) is -16.7. The van der Waals surface area contributed by atoms with Crippen LogP contribution in [0.3, 0.4) is 0 Å². The molecule has 0 aromatic heterocycles. The summed E-state index contributed by atoms with van der Waals surface area (Å²) in [4.78, 5) is 25.3. The summed E-state index contributed by atoms with van der Waals surface area (Å²) in [5.41, 5.74) is 58.6. The van der Waals surface area contributed by atoms with E-state index >= 15 is 0 Å².